The second-order valence-corrected chi connectivity index (χ2v) is 4.84. The number of hydrogen-bond acceptors (Lipinski definition) is 3. The molecule has 1 aromatic heterocycles. The molecule has 0 aliphatic rings. The lowest BCUT2D eigenvalue weighted by atomic mass is 10.3. The second-order valence-electron chi connectivity index (χ2n) is 3.25. The maximum atomic E-state index is 13.4. The number of ether oxygens (including phenoxy) is 1. The molecule has 2 rings (SSSR count). The lowest BCUT2D eigenvalue weighted by Gasteiger charge is -2.09. The van der Waals surface area contributed by atoms with Gasteiger partial charge in [0.15, 0.2) is 5.75 Å². The van der Waals surface area contributed by atoms with Gasteiger partial charge in [0, 0.05) is 18.3 Å². The van der Waals surface area contributed by atoms with Crippen molar-refractivity contribution in [1.82, 2.24) is 4.98 Å². The molecule has 6 heteroatoms. The molecule has 0 amide bonds. The first kappa shape index (κ1) is 12.4. The van der Waals surface area contributed by atoms with E-state index in [0.29, 0.717) is 20.0 Å². The number of benzene rings is 1. The van der Waals surface area contributed by atoms with Gasteiger partial charge in [0.2, 0.25) is 0 Å². The number of pyridine rings is 1. The standard InChI is InChI=1S/C11H7ClFIN2O/c12-6-1-7(5-16-4-6)17-11-2-8(13)9(14)3-10(11)15/h1-5H,15H2. The van der Waals surface area contributed by atoms with Gasteiger partial charge in [-0.05, 0) is 28.7 Å². The van der Waals surface area contributed by atoms with Gasteiger partial charge in [-0.25, -0.2) is 4.39 Å². The summed E-state index contributed by atoms with van der Waals surface area (Å²) in [5.41, 5.74) is 6.08. The van der Waals surface area contributed by atoms with Crippen LogP contribution in [-0.2, 0) is 0 Å². The molecule has 0 spiro atoms. The van der Waals surface area contributed by atoms with E-state index in [2.05, 4.69) is 4.98 Å². The van der Waals surface area contributed by atoms with Crippen LogP contribution in [0.1, 0.15) is 0 Å². The van der Waals surface area contributed by atoms with Gasteiger partial charge < -0.3 is 10.5 Å². The normalized spacial score (nSPS) is 10.3. The van der Waals surface area contributed by atoms with Gasteiger partial charge >= 0.3 is 0 Å². The molecule has 1 heterocycles. The molecule has 1 aromatic carbocycles. The number of nitrogens with zero attached hydrogens (tertiary/aromatic N) is 1. The van der Waals surface area contributed by atoms with E-state index >= 15 is 0 Å². The Morgan fingerprint density at radius 2 is 2.06 bits per heavy atom. The molecule has 0 atom stereocenters. The summed E-state index contributed by atoms with van der Waals surface area (Å²) in [6.45, 7) is 0. The zero-order chi connectivity index (χ0) is 12.4. The highest BCUT2D eigenvalue weighted by Gasteiger charge is 2.08. The van der Waals surface area contributed by atoms with Crippen molar-refractivity contribution in [3.05, 3.63) is 45.0 Å². The minimum absolute atomic E-state index is 0.243. The highest BCUT2D eigenvalue weighted by molar-refractivity contribution is 14.1. The van der Waals surface area contributed by atoms with Crippen molar-refractivity contribution in [3.8, 4) is 11.5 Å². The summed E-state index contributed by atoms with van der Waals surface area (Å²) in [6, 6.07) is 4.31. The Labute approximate surface area is 116 Å². The second kappa shape index (κ2) is 5.05. The SMILES string of the molecule is Nc1cc(I)c(F)cc1Oc1cncc(Cl)c1. The van der Waals surface area contributed by atoms with Gasteiger partial charge in [0.25, 0.3) is 0 Å². The van der Waals surface area contributed by atoms with Crippen LogP contribution in [0.15, 0.2) is 30.6 Å². The van der Waals surface area contributed by atoms with Gasteiger partial charge in [0.05, 0.1) is 20.5 Å². The van der Waals surface area contributed by atoms with Crippen molar-refractivity contribution >= 4 is 39.9 Å². The van der Waals surface area contributed by atoms with Crippen LogP contribution in [0, 0.1) is 9.39 Å². The quantitative estimate of drug-likeness (QED) is 0.650. The first-order valence-corrected chi connectivity index (χ1v) is 6.05. The van der Waals surface area contributed by atoms with Gasteiger partial charge in [0.1, 0.15) is 11.6 Å². The van der Waals surface area contributed by atoms with Gasteiger partial charge in [-0.1, -0.05) is 11.6 Å². The Morgan fingerprint density at radius 1 is 1.29 bits per heavy atom. The number of nitrogens with two attached hydrogens (primary N) is 1. The van der Waals surface area contributed by atoms with Crippen LogP contribution in [0.25, 0.3) is 0 Å². The third-order valence-electron chi connectivity index (χ3n) is 1.96. The summed E-state index contributed by atoms with van der Waals surface area (Å²) in [6.07, 6.45) is 2.95. The monoisotopic (exact) mass is 364 g/mol. The number of nitrogen functional groups attached to an aromatic ring is 1. The van der Waals surface area contributed by atoms with Gasteiger partial charge in [-0.3, -0.25) is 4.98 Å². The molecular weight excluding hydrogens is 357 g/mol. The number of halogens is 3. The molecule has 0 aliphatic heterocycles. The Kier molecular flexibility index (Phi) is 3.68. The van der Waals surface area contributed by atoms with Crippen LogP contribution in [0.2, 0.25) is 5.02 Å². The fourth-order valence-corrected chi connectivity index (χ4v) is 1.86. The summed E-state index contributed by atoms with van der Waals surface area (Å²) in [5.74, 6) is 0.265. The van der Waals surface area contributed by atoms with Crippen molar-refractivity contribution < 1.29 is 9.13 Å². The maximum absolute atomic E-state index is 13.4. The minimum Gasteiger partial charge on any atom is -0.453 e. The van der Waals surface area contributed by atoms with Crippen molar-refractivity contribution in [3.63, 3.8) is 0 Å². The summed E-state index contributed by atoms with van der Waals surface area (Å²) in [7, 11) is 0. The van der Waals surface area contributed by atoms with Crippen LogP contribution in [0.3, 0.4) is 0 Å². The Bertz CT molecular complexity index is 565. The number of aromatic nitrogens is 1. The topological polar surface area (TPSA) is 48.1 Å². The molecular formula is C11H7ClFIN2O. The number of hydrogen-bond donors (Lipinski definition) is 1. The number of rotatable bonds is 2. The van der Waals surface area contributed by atoms with E-state index in [9.17, 15) is 4.39 Å². The average molecular weight is 365 g/mol. The molecule has 17 heavy (non-hydrogen) atoms. The highest BCUT2D eigenvalue weighted by Crippen LogP contribution is 2.30. The van der Waals surface area contributed by atoms with Crippen molar-refractivity contribution in [2.24, 2.45) is 0 Å². The molecule has 2 aromatic rings. The van der Waals surface area contributed by atoms with E-state index in [0.717, 1.165) is 0 Å². The largest absolute Gasteiger partial charge is 0.453 e. The smallest absolute Gasteiger partial charge is 0.153 e. The summed E-state index contributed by atoms with van der Waals surface area (Å²) >= 11 is 7.62. The Balaban J connectivity index is 2.33. The lowest BCUT2D eigenvalue weighted by Crippen LogP contribution is -1.95. The Hall–Kier alpha value is -1.08. The van der Waals surface area contributed by atoms with Crippen molar-refractivity contribution in [2.45, 2.75) is 0 Å². The fraction of sp³-hybridized carbons (Fsp3) is 0. The van der Waals surface area contributed by atoms with Crippen molar-refractivity contribution in [2.75, 3.05) is 5.73 Å². The predicted octanol–water partition coefficient (Wildman–Crippen LogP) is 3.85. The van der Waals surface area contributed by atoms with E-state index in [1.807, 2.05) is 22.6 Å². The molecule has 2 N–H and O–H groups in total. The summed E-state index contributed by atoms with van der Waals surface area (Å²) in [5, 5.41) is 0.437. The fourth-order valence-electron chi connectivity index (χ4n) is 1.21. The van der Waals surface area contributed by atoms with E-state index in [4.69, 9.17) is 22.1 Å². The third-order valence-corrected chi connectivity index (χ3v) is 2.99. The van der Waals surface area contributed by atoms with E-state index < -0.39 is 0 Å². The van der Waals surface area contributed by atoms with Crippen molar-refractivity contribution in [1.29, 1.82) is 0 Å². The molecule has 3 nitrogen and oxygen atoms in total. The molecule has 0 saturated carbocycles. The van der Waals surface area contributed by atoms with Crippen LogP contribution >= 0.6 is 34.2 Å². The molecule has 88 valence electrons. The molecule has 0 unspecified atom stereocenters. The van der Waals surface area contributed by atoms with Crippen LogP contribution in [0.4, 0.5) is 10.1 Å². The first-order chi connectivity index (χ1) is 8.06. The van der Waals surface area contributed by atoms with E-state index in [-0.39, 0.29) is 11.6 Å². The summed E-state index contributed by atoms with van der Waals surface area (Å²) in [4.78, 5) is 3.86. The third kappa shape index (κ3) is 2.98. The minimum atomic E-state index is -0.384. The maximum Gasteiger partial charge on any atom is 0.153 e. The van der Waals surface area contributed by atoms with Gasteiger partial charge in [-0.2, -0.15) is 0 Å². The predicted molar refractivity (Wildman–Crippen MR) is 72.9 cm³/mol. The van der Waals surface area contributed by atoms with Crippen LogP contribution < -0.4 is 10.5 Å². The summed E-state index contributed by atoms with van der Waals surface area (Å²) < 4.78 is 19.2. The van der Waals surface area contributed by atoms with E-state index in [1.165, 1.54) is 24.5 Å². The lowest BCUT2D eigenvalue weighted by molar-refractivity contribution is 0.476. The molecule has 0 saturated heterocycles. The van der Waals surface area contributed by atoms with Crippen LogP contribution in [0.5, 0.6) is 11.5 Å². The Morgan fingerprint density at radius 3 is 2.76 bits per heavy atom. The zero-order valence-electron chi connectivity index (χ0n) is 8.45. The van der Waals surface area contributed by atoms with Gasteiger partial charge in [-0.15, -0.1) is 0 Å². The molecule has 0 bridgehead atoms. The highest BCUT2D eigenvalue weighted by atomic mass is 127. The van der Waals surface area contributed by atoms with Crippen LogP contribution in [-0.4, -0.2) is 4.98 Å². The van der Waals surface area contributed by atoms with E-state index in [1.54, 1.807) is 6.07 Å². The molecule has 0 fully saturated rings. The number of anilines is 1. The molecule has 0 aliphatic carbocycles. The zero-order valence-corrected chi connectivity index (χ0v) is 11.4. The first-order valence-electron chi connectivity index (χ1n) is 4.59. The average Bonchev–Trinajstić information content (AvgIpc) is 2.26. The molecule has 0 radical (unpaired) electrons.